The average Bonchev–Trinajstić information content (AvgIpc) is 2.60. The van der Waals surface area contributed by atoms with Gasteiger partial charge in [-0.15, -0.1) is 0 Å². The number of rotatable bonds is 2. The molecule has 4 N–H and O–H groups in total. The van der Waals surface area contributed by atoms with Gasteiger partial charge in [-0.05, 0) is 13.0 Å². The fraction of sp³-hybridized carbons (Fsp3) is 0.667. The predicted molar refractivity (Wildman–Crippen MR) is 39.8 cm³/mol. The molecule has 0 aromatic heterocycles. The summed E-state index contributed by atoms with van der Waals surface area (Å²) in [6, 6.07) is 0.503. The smallest absolute Gasteiger partial charge is 0.232 e. The molecule has 2 heterocycles. The molecule has 2 rings (SSSR count). The molecule has 0 spiro atoms. The van der Waals surface area contributed by atoms with Crippen molar-refractivity contribution in [2.75, 3.05) is 13.1 Å². The SMILES string of the molecule is C1=C(NC2CCNC2)ONN1. The van der Waals surface area contributed by atoms with Gasteiger partial charge >= 0.3 is 0 Å². The van der Waals surface area contributed by atoms with Gasteiger partial charge in [-0.25, -0.2) is 0 Å². The van der Waals surface area contributed by atoms with E-state index in [9.17, 15) is 0 Å². The van der Waals surface area contributed by atoms with Gasteiger partial charge in [0.2, 0.25) is 5.88 Å². The summed E-state index contributed by atoms with van der Waals surface area (Å²) >= 11 is 0. The number of nitrogens with one attached hydrogen (secondary N) is 4. The van der Waals surface area contributed by atoms with Crippen LogP contribution in [0.4, 0.5) is 0 Å². The Labute approximate surface area is 65.1 Å². The Balaban J connectivity index is 1.79. The van der Waals surface area contributed by atoms with E-state index >= 15 is 0 Å². The molecular formula is C6H12N4O. The Morgan fingerprint density at radius 1 is 1.64 bits per heavy atom. The van der Waals surface area contributed by atoms with Gasteiger partial charge in [0.05, 0.1) is 6.20 Å². The van der Waals surface area contributed by atoms with Crippen molar-refractivity contribution in [3.63, 3.8) is 0 Å². The molecule has 1 atom stereocenters. The largest absolute Gasteiger partial charge is 0.370 e. The van der Waals surface area contributed by atoms with Crippen molar-refractivity contribution in [3.05, 3.63) is 12.1 Å². The van der Waals surface area contributed by atoms with Crippen molar-refractivity contribution in [2.24, 2.45) is 0 Å². The van der Waals surface area contributed by atoms with Crippen LogP contribution < -0.4 is 21.6 Å². The first-order valence-electron chi connectivity index (χ1n) is 3.80. The molecule has 1 saturated heterocycles. The van der Waals surface area contributed by atoms with Gasteiger partial charge in [0.25, 0.3) is 0 Å². The second kappa shape index (κ2) is 2.98. The van der Waals surface area contributed by atoms with Gasteiger partial charge in [-0.2, -0.15) is 0 Å². The molecule has 1 fully saturated rings. The van der Waals surface area contributed by atoms with Crippen molar-refractivity contribution in [1.29, 1.82) is 0 Å². The van der Waals surface area contributed by atoms with Crippen molar-refractivity contribution in [2.45, 2.75) is 12.5 Å². The van der Waals surface area contributed by atoms with E-state index in [1.165, 1.54) is 0 Å². The van der Waals surface area contributed by atoms with E-state index in [1.54, 1.807) is 6.20 Å². The van der Waals surface area contributed by atoms with Gasteiger partial charge in [-0.1, -0.05) is 5.59 Å². The van der Waals surface area contributed by atoms with Crippen LogP contribution in [-0.2, 0) is 4.84 Å². The number of hydrogen-bond donors (Lipinski definition) is 4. The zero-order valence-electron chi connectivity index (χ0n) is 6.18. The minimum absolute atomic E-state index is 0.503. The summed E-state index contributed by atoms with van der Waals surface area (Å²) in [6.07, 6.45) is 2.92. The minimum Gasteiger partial charge on any atom is -0.370 e. The highest BCUT2D eigenvalue weighted by atomic mass is 16.7. The van der Waals surface area contributed by atoms with E-state index in [2.05, 4.69) is 21.6 Å². The maximum Gasteiger partial charge on any atom is 0.232 e. The zero-order valence-corrected chi connectivity index (χ0v) is 6.18. The summed E-state index contributed by atoms with van der Waals surface area (Å²) in [5, 5.41) is 6.49. The van der Waals surface area contributed by atoms with E-state index < -0.39 is 0 Å². The van der Waals surface area contributed by atoms with E-state index in [0.29, 0.717) is 6.04 Å². The Hall–Kier alpha value is -0.940. The molecule has 0 amide bonds. The van der Waals surface area contributed by atoms with Crippen molar-refractivity contribution < 1.29 is 4.84 Å². The molecule has 2 aliphatic heterocycles. The zero-order chi connectivity index (χ0) is 7.52. The highest BCUT2D eigenvalue weighted by Crippen LogP contribution is 2.01. The lowest BCUT2D eigenvalue weighted by molar-refractivity contribution is 0.0955. The first-order chi connectivity index (χ1) is 5.45. The fourth-order valence-corrected chi connectivity index (χ4v) is 1.26. The maximum atomic E-state index is 4.98. The summed E-state index contributed by atoms with van der Waals surface area (Å²) in [5.74, 6) is 0.763. The van der Waals surface area contributed by atoms with Crippen molar-refractivity contribution in [3.8, 4) is 0 Å². The van der Waals surface area contributed by atoms with Crippen LogP contribution in [0, 0.1) is 0 Å². The second-order valence-electron chi connectivity index (χ2n) is 2.69. The van der Waals surface area contributed by atoms with Crippen LogP contribution in [0.2, 0.25) is 0 Å². The monoisotopic (exact) mass is 156 g/mol. The average molecular weight is 156 g/mol. The topological polar surface area (TPSA) is 57.4 Å². The third-order valence-electron chi connectivity index (χ3n) is 1.83. The first kappa shape index (κ1) is 6.75. The summed E-state index contributed by atoms with van der Waals surface area (Å²) < 4.78 is 0. The number of hydrogen-bond acceptors (Lipinski definition) is 5. The Morgan fingerprint density at radius 2 is 2.64 bits per heavy atom. The van der Waals surface area contributed by atoms with Crippen molar-refractivity contribution in [1.82, 2.24) is 21.6 Å². The first-order valence-corrected chi connectivity index (χ1v) is 3.80. The Kier molecular flexibility index (Phi) is 1.83. The van der Waals surface area contributed by atoms with E-state index in [0.717, 1.165) is 25.4 Å². The molecule has 2 aliphatic rings. The maximum absolute atomic E-state index is 4.98. The van der Waals surface area contributed by atoms with Crippen LogP contribution in [0.25, 0.3) is 0 Å². The predicted octanol–water partition coefficient (Wildman–Crippen LogP) is -1.22. The molecule has 0 bridgehead atoms. The van der Waals surface area contributed by atoms with Crippen LogP contribution in [0.3, 0.4) is 0 Å². The summed E-state index contributed by atoms with van der Waals surface area (Å²) in [5.41, 5.74) is 5.25. The molecule has 0 aromatic carbocycles. The molecule has 5 nitrogen and oxygen atoms in total. The molecule has 0 radical (unpaired) electrons. The molecule has 0 saturated carbocycles. The third-order valence-corrected chi connectivity index (χ3v) is 1.83. The van der Waals surface area contributed by atoms with Crippen molar-refractivity contribution >= 4 is 0 Å². The lowest BCUT2D eigenvalue weighted by Gasteiger charge is -2.11. The molecule has 5 heteroatoms. The van der Waals surface area contributed by atoms with Crippen LogP contribution in [0.1, 0.15) is 6.42 Å². The highest BCUT2D eigenvalue weighted by molar-refractivity contribution is 4.95. The van der Waals surface area contributed by atoms with E-state index in [4.69, 9.17) is 4.84 Å². The molecule has 0 aliphatic carbocycles. The molecule has 62 valence electrons. The van der Waals surface area contributed by atoms with Crippen LogP contribution in [0.15, 0.2) is 12.1 Å². The quantitative estimate of drug-likeness (QED) is 0.403. The summed E-state index contributed by atoms with van der Waals surface area (Å²) in [7, 11) is 0. The second-order valence-corrected chi connectivity index (χ2v) is 2.69. The van der Waals surface area contributed by atoms with E-state index in [1.807, 2.05) is 0 Å². The van der Waals surface area contributed by atoms with Crippen LogP contribution in [-0.4, -0.2) is 19.1 Å². The Morgan fingerprint density at radius 3 is 3.27 bits per heavy atom. The molecule has 0 aromatic rings. The summed E-state index contributed by atoms with van der Waals surface area (Å²) in [6.45, 7) is 2.10. The van der Waals surface area contributed by atoms with Gasteiger partial charge in [-0.3, -0.25) is 5.43 Å². The highest BCUT2D eigenvalue weighted by Gasteiger charge is 2.16. The molecule has 1 unspecified atom stereocenters. The lowest BCUT2D eigenvalue weighted by Crippen LogP contribution is -2.31. The Bertz CT molecular complexity index is 164. The van der Waals surface area contributed by atoms with Gasteiger partial charge in [0.1, 0.15) is 0 Å². The van der Waals surface area contributed by atoms with E-state index in [-0.39, 0.29) is 0 Å². The van der Waals surface area contributed by atoms with Gasteiger partial charge in [0, 0.05) is 12.6 Å². The third kappa shape index (κ3) is 1.55. The van der Waals surface area contributed by atoms with Gasteiger partial charge in [0.15, 0.2) is 0 Å². The minimum atomic E-state index is 0.503. The van der Waals surface area contributed by atoms with Crippen LogP contribution >= 0.6 is 0 Å². The normalized spacial score (nSPS) is 29.1. The molecular weight excluding hydrogens is 144 g/mol. The summed E-state index contributed by atoms with van der Waals surface area (Å²) in [4.78, 5) is 4.98. The fourth-order valence-electron chi connectivity index (χ4n) is 1.26. The van der Waals surface area contributed by atoms with Gasteiger partial charge < -0.3 is 15.5 Å². The number of hydrazine groups is 1. The lowest BCUT2D eigenvalue weighted by atomic mass is 10.3. The molecule has 11 heavy (non-hydrogen) atoms. The van der Waals surface area contributed by atoms with Crippen LogP contribution in [0.5, 0.6) is 0 Å². The standard InChI is InChI=1S/C6H12N4O/c1-2-7-3-5(1)9-6-4-8-10-11-6/h4-5,7-10H,1-3H2.